The van der Waals surface area contributed by atoms with Gasteiger partial charge in [0.2, 0.25) is 0 Å². The summed E-state index contributed by atoms with van der Waals surface area (Å²) in [5, 5.41) is 12.1. The fourth-order valence-corrected chi connectivity index (χ4v) is 1.98. The van der Waals surface area contributed by atoms with Gasteiger partial charge in [0.15, 0.2) is 11.5 Å². The van der Waals surface area contributed by atoms with Crippen molar-refractivity contribution >= 4 is 11.7 Å². The number of rotatable bonds is 6. The first-order chi connectivity index (χ1) is 10.0. The maximum atomic E-state index is 11.0. The first-order valence-electron chi connectivity index (χ1n) is 6.33. The van der Waals surface area contributed by atoms with Crippen molar-refractivity contribution in [1.82, 2.24) is 0 Å². The predicted molar refractivity (Wildman–Crippen MR) is 77.3 cm³/mol. The number of carbonyl (C=O) groups is 1. The van der Waals surface area contributed by atoms with Gasteiger partial charge in [0.25, 0.3) is 0 Å². The van der Waals surface area contributed by atoms with E-state index in [1.807, 2.05) is 6.07 Å². The van der Waals surface area contributed by atoms with E-state index >= 15 is 0 Å². The van der Waals surface area contributed by atoms with Crippen LogP contribution in [0, 0.1) is 6.92 Å². The van der Waals surface area contributed by atoms with Crippen LogP contribution < -0.4 is 14.8 Å². The highest BCUT2D eigenvalue weighted by atomic mass is 16.5. The first-order valence-corrected chi connectivity index (χ1v) is 6.33. The Hall–Kier alpha value is -2.63. The summed E-state index contributed by atoms with van der Waals surface area (Å²) in [6.07, 6.45) is 0. The molecular weight excluding hydrogens is 274 g/mol. The number of carboxylic acids is 1. The summed E-state index contributed by atoms with van der Waals surface area (Å²) in [6, 6.07) is 6.95. The average molecular weight is 291 g/mol. The van der Waals surface area contributed by atoms with Crippen LogP contribution in [-0.4, -0.2) is 25.3 Å². The maximum absolute atomic E-state index is 11.0. The van der Waals surface area contributed by atoms with E-state index in [2.05, 4.69) is 5.32 Å². The molecule has 21 heavy (non-hydrogen) atoms. The number of furan rings is 1. The van der Waals surface area contributed by atoms with E-state index in [1.54, 1.807) is 33.3 Å². The van der Waals surface area contributed by atoms with Gasteiger partial charge in [0, 0.05) is 11.8 Å². The van der Waals surface area contributed by atoms with E-state index in [0.29, 0.717) is 29.6 Å². The van der Waals surface area contributed by atoms with Gasteiger partial charge in [0.05, 0.1) is 20.8 Å². The second kappa shape index (κ2) is 6.21. The van der Waals surface area contributed by atoms with Crippen LogP contribution in [0.25, 0.3) is 0 Å². The standard InChI is InChI=1S/C15H17NO5/c1-9-12(15(17)18)7-11(21-9)8-16-10-4-5-13(19-2)14(6-10)20-3/h4-7,16H,8H2,1-3H3,(H,17,18). The SMILES string of the molecule is COc1ccc(NCc2cc(C(=O)O)c(C)o2)cc1OC. The van der Waals surface area contributed by atoms with Crippen molar-refractivity contribution in [1.29, 1.82) is 0 Å². The molecule has 0 aliphatic heterocycles. The van der Waals surface area contributed by atoms with Gasteiger partial charge < -0.3 is 24.3 Å². The maximum Gasteiger partial charge on any atom is 0.339 e. The molecule has 2 aromatic rings. The van der Waals surface area contributed by atoms with E-state index in [4.69, 9.17) is 19.0 Å². The Morgan fingerprint density at radius 2 is 1.95 bits per heavy atom. The fourth-order valence-electron chi connectivity index (χ4n) is 1.98. The van der Waals surface area contributed by atoms with Gasteiger partial charge in [-0.2, -0.15) is 0 Å². The third-order valence-electron chi connectivity index (χ3n) is 3.05. The van der Waals surface area contributed by atoms with Crippen molar-refractivity contribution in [3.63, 3.8) is 0 Å². The molecule has 1 aromatic carbocycles. The zero-order valence-electron chi connectivity index (χ0n) is 12.1. The Morgan fingerprint density at radius 1 is 1.24 bits per heavy atom. The minimum absolute atomic E-state index is 0.180. The number of hydrogen-bond acceptors (Lipinski definition) is 5. The predicted octanol–water partition coefficient (Wildman–Crippen LogP) is 2.92. The van der Waals surface area contributed by atoms with Crippen LogP contribution in [0.15, 0.2) is 28.7 Å². The Balaban J connectivity index is 2.09. The molecule has 2 rings (SSSR count). The number of carboxylic acid groups (broad SMARTS) is 1. The zero-order chi connectivity index (χ0) is 15.4. The summed E-state index contributed by atoms with van der Waals surface area (Å²) in [5.41, 5.74) is 0.998. The van der Waals surface area contributed by atoms with Crippen LogP contribution in [0.4, 0.5) is 5.69 Å². The van der Waals surface area contributed by atoms with Gasteiger partial charge in [0.1, 0.15) is 17.1 Å². The largest absolute Gasteiger partial charge is 0.493 e. The van der Waals surface area contributed by atoms with E-state index in [0.717, 1.165) is 5.69 Å². The van der Waals surface area contributed by atoms with Gasteiger partial charge in [-0.05, 0) is 25.1 Å². The zero-order valence-corrected chi connectivity index (χ0v) is 12.1. The lowest BCUT2D eigenvalue weighted by Crippen LogP contribution is -1.99. The summed E-state index contributed by atoms with van der Waals surface area (Å²) in [7, 11) is 3.14. The van der Waals surface area contributed by atoms with Crippen molar-refractivity contribution in [2.45, 2.75) is 13.5 Å². The monoisotopic (exact) mass is 291 g/mol. The number of nitrogens with one attached hydrogen (secondary N) is 1. The highest BCUT2D eigenvalue weighted by Gasteiger charge is 2.13. The van der Waals surface area contributed by atoms with Gasteiger partial charge in [-0.15, -0.1) is 0 Å². The molecule has 6 heteroatoms. The lowest BCUT2D eigenvalue weighted by molar-refractivity contribution is 0.0695. The van der Waals surface area contributed by atoms with Crippen molar-refractivity contribution in [3.05, 3.63) is 41.3 Å². The van der Waals surface area contributed by atoms with Gasteiger partial charge >= 0.3 is 5.97 Å². The highest BCUT2D eigenvalue weighted by Crippen LogP contribution is 2.30. The molecule has 0 amide bonds. The normalized spacial score (nSPS) is 10.2. The van der Waals surface area contributed by atoms with Crippen molar-refractivity contribution < 1.29 is 23.8 Å². The molecule has 0 saturated carbocycles. The third-order valence-corrected chi connectivity index (χ3v) is 3.05. The fraction of sp³-hybridized carbons (Fsp3) is 0.267. The summed E-state index contributed by atoms with van der Waals surface area (Å²) in [4.78, 5) is 11.0. The molecule has 112 valence electrons. The Labute approximate surface area is 122 Å². The summed E-state index contributed by atoms with van der Waals surface area (Å²) >= 11 is 0. The second-order valence-corrected chi connectivity index (χ2v) is 4.41. The summed E-state index contributed by atoms with van der Waals surface area (Å²) in [6.45, 7) is 2.01. The van der Waals surface area contributed by atoms with Gasteiger partial charge in [-0.3, -0.25) is 0 Å². The van der Waals surface area contributed by atoms with Crippen LogP contribution >= 0.6 is 0 Å². The molecule has 0 aliphatic rings. The first kappa shape index (κ1) is 14.8. The van der Waals surface area contributed by atoms with E-state index < -0.39 is 5.97 Å². The Morgan fingerprint density at radius 3 is 2.52 bits per heavy atom. The topological polar surface area (TPSA) is 80.9 Å². The molecule has 1 heterocycles. The number of hydrogen-bond donors (Lipinski definition) is 2. The Kier molecular flexibility index (Phi) is 4.37. The number of aryl methyl sites for hydroxylation is 1. The number of benzene rings is 1. The molecule has 0 fully saturated rings. The minimum atomic E-state index is -0.992. The van der Waals surface area contributed by atoms with Crippen molar-refractivity contribution in [3.8, 4) is 11.5 Å². The van der Waals surface area contributed by atoms with E-state index in [1.165, 1.54) is 6.07 Å². The highest BCUT2D eigenvalue weighted by molar-refractivity contribution is 5.88. The number of ether oxygens (including phenoxy) is 2. The van der Waals surface area contributed by atoms with E-state index in [9.17, 15) is 4.79 Å². The van der Waals surface area contributed by atoms with Crippen LogP contribution in [0.3, 0.4) is 0 Å². The summed E-state index contributed by atoms with van der Waals surface area (Å²) in [5.74, 6) is 1.22. The lowest BCUT2D eigenvalue weighted by Gasteiger charge is -2.10. The molecule has 0 saturated heterocycles. The molecule has 1 aromatic heterocycles. The molecule has 6 nitrogen and oxygen atoms in total. The molecule has 0 radical (unpaired) electrons. The molecule has 0 bridgehead atoms. The van der Waals surface area contributed by atoms with Crippen LogP contribution in [0.1, 0.15) is 21.9 Å². The quantitative estimate of drug-likeness (QED) is 0.851. The molecule has 0 atom stereocenters. The van der Waals surface area contributed by atoms with Crippen molar-refractivity contribution in [2.75, 3.05) is 19.5 Å². The molecule has 0 spiro atoms. The molecule has 2 N–H and O–H groups in total. The third kappa shape index (κ3) is 3.28. The van der Waals surface area contributed by atoms with Crippen LogP contribution in [0.2, 0.25) is 0 Å². The smallest absolute Gasteiger partial charge is 0.339 e. The number of methoxy groups -OCH3 is 2. The Bertz CT molecular complexity index is 648. The van der Waals surface area contributed by atoms with Gasteiger partial charge in [-0.25, -0.2) is 4.79 Å². The van der Waals surface area contributed by atoms with Crippen molar-refractivity contribution in [2.24, 2.45) is 0 Å². The number of anilines is 1. The van der Waals surface area contributed by atoms with E-state index in [-0.39, 0.29) is 5.56 Å². The second-order valence-electron chi connectivity index (χ2n) is 4.41. The van der Waals surface area contributed by atoms with Crippen LogP contribution in [0.5, 0.6) is 11.5 Å². The average Bonchev–Trinajstić information content (AvgIpc) is 2.86. The molecule has 0 aliphatic carbocycles. The molecular formula is C15H17NO5. The lowest BCUT2D eigenvalue weighted by atomic mass is 10.2. The van der Waals surface area contributed by atoms with Crippen LogP contribution in [-0.2, 0) is 6.54 Å². The minimum Gasteiger partial charge on any atom is -0.493 e. The summed E-state index contributed by atoms with van der Waals surface area (Å²) < 4.78 is 15.8. The number of aromatic carboxylic acids is 1. The molecule has 0 unspecified atom stereocenters. The van der Waals surface area contributed by atoms with Gasteiger partial charge in [-0.1, -0.05) is 0 Å².